The van der Waals surface area contributed by atoms with E-state index in [1.807, 2.05) is 6.92 Å². The van der Waals surface area contributed by atoms with Crippen molar-refractivity contribution in [1.82, 2.24) is 5.32 Å². The highest BCUT2D eigenvalue weighted by Crippen LogP contribution is 2.39. The summed E-state index contributed by atoms with van der Waals surface area (Å²) in [6, 6.07) is 14.4. The minimum Gasteiger partial charge on any atom is -0.352 e. The first kappa shape index (κ1) is 19.3. The second kappa shape index (κ2) is 7.62. The van der Waals surface area contributed by atoms with Gasteiger partial charge in [0.15, 0.2) is 9.84 Å². The van der Waals surface area contributed by atoms with Crippen LogP contribution in [0.15, 0.2) is 59.5 Å². The molecule has 0 aliphatic heterocycles. The standard InChI is InChI=1S/C20H18FNO3S2/c1-3-22-20(23)18-12-17(13-6-10-16(11-7-13)27(2,24)25)19(26-18)14-4-8-15(21)9-5-14/h4-12H,3H2,1-2H3,(H,22,23). The van der Waals surface area contributed by atoms with Gasteiger partial charge in [0.1, 0.15) is 5.82 Å². The Hall–Kier alpha value is -2.51. The van der Waals surface area contributed by atoms with E-state index in [1.165, 1.54) is 23.5 Å². The van der Waals surface area contributed by atoms with Crippen molar-refractivity contribution in [3.63, 3.8) is 0 Å². The molecule has 0 aliphatic carbocycles. The summed E-state index contributed by atoms with van der Waals surface area (Å²) in [6.07, 6.45) is 1.16. The molecule has 1 amide bonds. The van der Waals surface area contributed by atoms with Crippen LogP contribution in [-0.4, -0.2) is 27.1 Å². The van der Waals surface area contributed by atoms with E-state index < -0.39 is 9.84 Å². The van der Waals surface area contributed by atoms with Crippen molar-refractivity contribution < 1.29 is 17.6 Å². The summed E-state index contributed by atoms with van der Waals surface area (Å²) in [5.41, 5.74) is 2.38. The predicted molar refractivity (Wildman–Crippen MR) is 106 cm³/mol. The molecule has 1 N–H and O–H groups in total. The number of halogens is 1. The van der Waals surface area contributed by atoms with Gasteiger partial charge in [0, 0.05) is 23.2 Å². The Morgan fingerprint density at radius 1 is 1.04 bits per heavy atom. The van der Waals surface area contributed by atoms with Gasteiger partial charge in [-0.1, -0.05) is 24.3 Å². The average Bonchev–Trinajstić information content (AvgIpc) is 3.07. The molecule has 0 bridgehead atoms. The van der Waals surface area contributed by atoms with Crippen LogP contribution < -0.4 is 5.32 Å². The van der Waals surface area contributed by atoms with Crippen molar-refractivity contribution >= 4 is 27.1 Å². The van der Waals surface area contributed by atoms with Gasteiger partial charge in [-0.2, -0.15) is 0 Å². The Bertz CT molecular complexity index is 1070. The molecule has 7 heteroatoms. The van der Waals surface area contributed by atoms with Crippen LogP contribution in [-0.2, 0) is 9.84 Å². The van der Waals surface area contributed by atoms with E-state index in [1.54, 1.807) is 42.5 Å². The van der Waals surface area contributed by atoms with Crippen molar-refractivity contribution in [2.24, 2.45) is 0 Å². The first-order valence-electron chi connectivity index (χ1n) is 8.28. The van der Waals surface area contributed by atoms with Gasteiger partial charge in [-0.25, -0.2) is 12.8 Å². The number of nitrogens with one attached hydrogen (secondary N) is 1. The van der Waals surface area contributed by atoms with Crippen molar-refractivity contribution in [1.29, 1.82) is 0 Å². The first-order valence-corrected chi connectivity index (χ1v) is 11.0. The van der Waals surface area contributed by atoms with Crippen molar-refractivity contribution in [3.8, 4) is 21.6 Å². The van der Waals surface area contributed by atoms with Gasteiger partial charge in [-0.3, -0.25) is 4.79 Å². The topological polar surface area (TPSA) is 63.2 Å². The van der Waals surface area contributed by atoms with Gasteiger partial charge in [-0.05, 0) is 48.4 Å². The van der Waals surface area contributed by atoms with Gasteiger partial charge in [-0.15, -0.1) is 11.3 Å². The lowest BCUT2D eigenvalue weighted by molar-refractivity contribution is 0.0960. The summed E-state index contributed by atoms with van der Waals surface area (Å²) in [5.74, 6) is -0.511. The highest BCUT2D eigenvalue weighted by atomic mass is 32.2. The SMILES string of the molecule is CCNC(=O)c1cc(-c2ccc(S(C)(=O)=O)cc2)c(-c2ccc(F)cc2)s1. The third-order valence-electron chi connectivity index (χ3n) is 3.99. The minimum absolute atomic E-state index is 0.176. The number of carbonyl (C=O) groups is 1. The predicted octanol–water partition coefficient (Wildman–Crippen LogP) is 4.37. The second-order valence-electron chi connectivity index (χ2n) is 6.02. The largest absolute Gasteiger partial charge is 0.352 e. The summed E-state index contributed by atoms with van der Waals surface area (Å²) in [4.78, 5) is 13.9. The summed E-state index contributed by atoms with van der Waals surface area (Å²) >= 11 is 1.32. The zero-order valence-corrected chi connectivity index (χ0v) is 16.5. The molecule has 0 radical (unpaired) electrons. The maximum atomic E-state index is 13.3. The van der Waals surface area contributed by atoms with Crippen LogP contribution in [0.2, 0.25) is 0 Å². The Morgan fingerprint density at radius 3 is 2.19 bits per heavy atom. The Kier molecular flexibility index (Phi) is 5.43. The number of hydrogen-bond donors (Lipinski definition) is 1. The first-order chi connectivity index (χ1) is 12.8. The number of benzene rings is 2. The molecule has 0 saturated heterocycles. The molecule has 3 rings (SSSR count). The third kappa shape index (κ3) is 4.26. The van der Waals surface area contributed by atoms with Gasteiger partial charge in [0.2, 0.25) is 0 Å². The molecule has 3 aromatic rings. The zero-order valence-electron chi connectivity index (χ0n) is 14.8. The lowest BCUT2D eigenvalue weighted by atomic mass is 10.0. The van der Waals surface area contributed by atoms with Crippen molar-refractivity contribution in [2.45, 2.75) is 11.8 Å². The summed E-state index contributed by atoms with van der Waals surface area (Å²) in [6.45, 7) is 2.36. The average molecular weight is 404 g/mol. The van der Waals surface area contributed by atoms with Gasteiger partial charge in [0.25, 0.3) is 5.91 Å². The van der Waals surface area contributed by atoms with E-state index in [9.17, 15) is 17.6 Å². The minimum atomic E-state index is -3.29. The molecule has 0 unspecified atom stereocenters. The fourth-order valence-corrected chi connectivity index (χ4v) is 4.40. The van der Waals surface area contributed by atoms with Crippen LogP contribution in [0, 0.1) is 5.82 Å². The number of amides is 1. The molecule has 2 aromatic carbocycles. The van der Waals surface area contributed by atoms with Gasteiger partial charge < -0.3 is 5.32 Å². The lowest BCUT2D eigenvalue weighted by Gasteiger charge is -2.06. The van der Waals surface area contributed by atoms with Crippen LogP contribution >= 0.6 is 11.3 Å². The highest BCUT2D eigenvalue weighted by Gasteiger charge is 2.17. The molecule has 0 spiro atoms. The number of thiophene rings is 1. The van der Waals surface area contributed by atoms with E-state index in [2.05, 4.69) is 5.32 Å². The maximum absolute atomic E-state index is 13.3. The Labute approximate surface area is 161 Å². The Morgan fingerprint density at radius 2 is 1.63 bits per heavy atom. The molecule has 0 aliphatic rings. The molecule has 4 nitrogen and oxygen atoms in total. The number of sulfone groups is 1. The van der Waals surface area contributed by atoms with Crippen LogP contribution in [0.1, 0.15) is 16.6 Å². The quantitative estimate of drug-likeness (QED) is 0.688. The second-order valence-corrected chi connectivity index (χ2v) is 9.08. The molecule has 140 valence electrons. The van der Waals surface area contributed by atoms with E-state index in [4.69, 9.17) is 0 Å². The fraction of sp³-hybridized carbons (Fsp3) is 0.150. The lowest BCUT2D eigenvalue weighted by Crippen LogP contribution is -2.21. The van der Waals surface area contributed by atoms with Crippen LogP contribution in [0.4, 0.5) is 4.39 Å². The third-order valence-corrected chi connectivity index (χ3v) is 6.30. The maximum Gasteiger partial charge on any atom is 0.261 e. The van der Waals surface area contributed by atoms with Crippen LogP contribution in [0.25, 0.3) is 21.6 Å². The number of rotatable bonds is 5. The molecular formula is C20H18FNO3S2. The van der Waals surface area contributed by atoms with Crippen molar-refractivity contribution in [3.05, 3.63) is 65.3 Å². The van der Waals surface area contributed by atoms with Crippen LogP contribution in [0.5, 0.6) is 0 Å². The highest BCUT2D eigenvalue weighted by molar-refractivity contribution is 7.90. The normalized spacial score (nSPS) is 11.4. The summed E-state index contributed by atoms with van der Waals surface area (Å²) in [5, 5.41) is 2.78. The van der Waals surface area contributed by atoms with E-state index in [0.717, 1.165) is 27.8 Å². The molecule has 0 saturated carbocycles. The van der Waals surface area contributed by atoms with Gasteiger partial charge in [0.05, 0.1) is 9.77 Å². The van der Waals surface area contributed by atoms with E-state index in [0.29, 0.717) is 11.4 Å². The Balaban J connectivity index is 2.12. The molecular weight excluding hydrogens is 385 g/mol. The molecule has 0 fully saturated rings. The fourth-order valence-electron chi connectivity index (χ4n) is 2.66. The summed E-state index contributed by atoms with van der Waals surface area (Å²) in [7, 11) is -3.29. The monoisotopic (exact) mass is 403 g/mol. The molecule has 1 aromatic heterocycles. The zero-order chi connectivity index (χ0) is 19.6. The molecule has 1 heterocycles. The number of hydrogen-bond acceptors (Lipinski definition) is 4. The molecule has 27 heavy (non-hydrogen) atoms. The van der Waals surface area contributed by atoms with Crippen LogP contribution in [0.3, 0.4) is 0 Å². The smallest absolute Gasteiger partial charge is 0.261 e. The summed E-state index contributed by atoms with van der Waals surface area (Å²) < 4.78 is 36.7. The van der Waals surface area contributed by atoms with E-state index >= 15 is 0 Å². The van der Waals surface area contributed by atoms with Gasteiger partial charge >= 0.3 is 0 Å². The number of carbonyl (C=O) groups excluding carboxylic acids is 1. The molecule has 0 atom stereocenters. The van der Waals surface area contributed by atoms with E-state index in [-0.39, 0.29) is 16.6 Å². The van der Waals surface area contributed by atoms with Crippen molar-refractivity contribution in [2.75, 3.05) is 12.8 Å².